The van der Waals surface area contributed by atoms with E-state index in [2.05, 4.69) is 42.7 Å². The van der Waals surface area contributed by atoms with Crippen LogP contribution in [0.15, 0.2) is 24.3 Å². The van der Waals surface area contributed by atoms with Gasteiger partial charge in [-0.1, -0.05) is 109 Å². The first-order chi connectivity index (χ1) is 20.8. The van der Waals surface area contributed by atoms with Crippen molar-refractivity contribution in [2.24, 2.45) is 0 Å². The Labute approximate surface area is 262 Å². The van der Waals surface area contributed by atoms with Crippen LogP contribution in [-0.2, 0) is 28.2 Å². The van der Waals surface area contributed by atoms with E-state index in [9.17, 15) is 14.2 Å². The average molecular weight is 631 g/mol. The molecule has 0 saturated heterocycles. The summed E-state index contributed by atoms with van der Waals surface area (Å²) in [5.74, 6) is -0.907. The van der Waals surface area contributed by atoms with Crippen molar-refractivity contribution < 1.29 is 37.9 Å². The summed E-state index contributed by atoms with van der Waals surface area (Å²) in [6.07, 6.45) is 31.8. The second-order valence-corrected chi connectivity index (χ2v) is 12.7. The number of esters is 2. The van der Waals surface area contributed by atoms with Gasteiger partial charge in [-0.05, 0) is 64.2 Å². The van der Waals surface area contributed by atoms with E-state index >= 15 is 0 Å². The lowest BCUT2D eigenvalue weighted by atomic mass is 10.1. The van der Waals surface area contributed by atoms with Crippen molar-refractivity contribution >= 4 is 19.8 Å². The van der Waals surface area contributed by atoms with E-state index in [1.54, 1.807) is 0 Å². The Morgan fingerprint density at radius 3 is 1.47 bits per heavy atom. The van der Waals surface area contributed by atoms with Crippen LogP contribution >= 0.6 is 7.82 Å². The lowest BCUT2D eigenvalue weighted by Crippen LogP contribution is -2.29. The molecular formula is C34H63O8P. The minimum Gasteiger partial charge on any atom is -0.462 e. The Hall–Kier alpha value is -1.47. The Kier molecular flexibility index (Phi) is 29.5. The molecule has 0 saturated carbocycles. The maximum absolute atomic E-state index is 12.3. The van der Waals surface area contributed by atoms with Crippen molar-refractivity contribution in [2.75, 3.05) is 13.2 Å². The Balaban J connectivity index is 4.03. The van der Waals surface area contributed by atoms with Crippen LogP contribution < -0.4 is 0 Å². The summed E-state index contributed by atoms with van der Waals surface area (Å²) in [7, 11) is -4.74. The van der Waals surface area contributed by atoms with Crippen LogP contribution in [-0.4, -0.2) is 41.0 Å². The largest absolute Gasteiger partial charge is 0.469 e. The second kappa shape index (κ2) is 30.6. The monoisotopic (exact) mass is 630 g/mol. The van der Waals surface area contributed by atoms with Gasteiger partial charge in [-0.25, -0.2) is 4.57 Å². The fourth-order valence-corrected chi connectivity index (χ4v) is 4.96. The fourth-order valence-electron chi connectivity index (χ4n) is 4.60. The molecule has 0 aromatic heterocycles. The summed E-state index contributed by atoms with van der Waals surface area (Å²) in [6, 6.07) is 0. The molecule has 9 heteroatoms. The van der Waals surface area contributed by atoms with Crippen LogP contribution in [0, 0.1) is 0 Å². The van der Waals surface area contributed by atoms with E-state index < -0.39 is 32.5 Å². The standard InChI is InChI=1S/C34H63O8P/c1-3-5-7-9-11-13-15-17-19-20-22-24-26-28-33(35)40-30-32(31-41-43(37,38)39)42-34(36)29-27-25-23-21-18-16-14-12-10-8-6-4-2/h12-15,32H,3-11,16-31H2,1-2H3,(H2,37,38,39)/b14-12+,15-13+/t32-/m1/s1. The zero-order chi connectivity index (χ0) is 31.9. The zero-order valence-corrected chi connectivity index (χ0v) is 28.2. The average Bonchev–Trinajstić information content (AvgIpc) is 2.97. The third-order valence-corrected chi connectivity index (χ3v) is 7.68. The van der Waals surface area contributed by atoms with Gasteiger partial charge in [0.2, 0.25) is 0 Å². The molecule has 0 fully saturated rings. The van der Waals surface area contributed by atoms with Crippen molar-refractivity contribution in [1.29, 1.82) is 0 Å². The highest BCUT2D eigenvalue weighted by Crippen LogP contribution is 2.35. The number of carbonyl (C=O) groups is 2. The minimum absolute atomic E-state index is 0.201. The number of unbranched alkanes of at least 4 members (excludes halogenated alkanes) is 17. The van der Waals surface area contributed by atoms with E-state index in [0.29, 0.717) is 12.8 Å². The minimum atomic E-state index is -4.74. The van der Waals surface area contributed by atoms with Gasteiger partial charge in [0.25, 0.3) is 0 Å². The third-order valence-electron chi connectivity index (χ3n) is 7.19. The predicted octanol–water partition coefficient (Wildman–Crippen LogP) is 9.68. The van der Waals surface area contributed by atoms with Crippen LogP contribution in [0.4, 0.5) is 0 Å². The molecule has 0 unspecified atom stereocenters. The normalized spacial score (nSPS) is 12.7. The Morgan fingerprint density at radius 2 is 0.977 bits per heavy atom. The summed E-state index contributed by atoms with van der Waals surface area (Å²) in [5, 5.41) is 0. The molecule has 0 spiro atoms. The van der Waals surface area contributed by atoms with Gasteiger partial charge in [-0.15, -0.1) is 0 Å². The summed E-state index contributed by atoms with van der Waals surface area (Å²) in [6.45, 7) is 3.60. The lowest BCUT2D eigenvalue weighted by Gasteiger charge is -2.18. The number of carbonyl (C=O) groups excluding carboxylic acids is 2. The molecule has 43 heavy (non-hydrogen) atoms. The van der Waals surface area contributed by atoms with E-state index in [1.807, 2.05) is 0 Å². The van der Waals surface area contributed by atoms with Crippen molar-refractivity contribution in [3.63, 3.8) is 0 Å². The van der Waals surface area contributed by atoms with Gasteiger partial charge in [0.15, 0.2) is 6.10 Å². The van der Waals surface area contributed by atoms with Crippen LogP contribution in [0.2, 0.25) is 0 Å². The molecular weight excluding hydrogens is 567 g/mol. The topological polar surface area (TPSA) is 119 Å². The highest BCUT2D eigenvalue weighted by atomic mass is 31.2. The number of phosphoric acid groups is 1. The molecule has 0 radical (unpaired) electrons. The maximum atomic E-state index is 12.3. The molecule has 0 aliphatic carbocycles. The van der Waals surface area contributed by atoms with Crippen LogP contribution in [0.25, 0.3) is 0 Å². The van der Waals surface area contributed by atoms with Gasteiger partial charge in [-0.3, -0.25) is 14.1 Å². The lowest BCUT2D eigenvalue weighted by molar-refractivity contribution is -0.161. The van der Waals surface area contributed by atoms with Crippen molar-refractivity contribution in [2.45, 2.75) is 168 Å². The summed E-state index contributed by atoms with van der Waals surface area (Å²) in [5.41, 5.74) is 0. The molecule has 0 heterocycles. The quantitative estimate of drug-likeness (QED) is 0.0336. The van der Waals surface area contributed by atoms with Gasteiger partial charge in [0.1, 0.15) is 6.61 Å². The smallest absolute Gasteiger partial charge is 0.462 e. The number of hydrogen-bond acceptors (Lipinski definition) is 6. The van der Waals surface area contributed by atoms with Crippen LogP contribution in [0.5, 0.6) is 0 Å². The van der Waals surface area contributed by atoms with E-state index in [0.717, 1.165) is 70.6 Å². The van der Waals surface area contributed by atoms with Gasteiger partial charge in [0, 0.05) is 12.8 Å². The molecule has 0 aromatic carbocycles. The predicted molar refractivity (Wildman–Crippen MR) is 175 cm³/mol. The van der Waals surface area contributed by atoms with E-state index in [-0.39, 0.29) is 19.4 Å². The molecule has 8 nitrogen and oxygen atoms in total. The molecule has 1 atom stereocenters. The van der Waals surface area contributed by atoms with Gasteiger partial charge in [0.05, 0.1) is 6.61 Å². The zero-order valence-electron chi connectivity index (χ0n) is 27.4. The SMILES string of the molecule is CCCCC/C=C/CCCCCCCC(=O)O[C@H](COC(=O)CCCCCCC/C=C/CCCCCC)COP(=O)(O)O. The number of hydrogen-bond donors (Lipinski definition) is 2. The van der Waals surface area contributed by atoms with Crippen molar-refractivity contribution in [3.8, 4) is 0 Å². The van der Waals surface area contributed by atoms with Gasteiger partial charge >= 0.3 is 19.8 Å². The van der Waals surface area contributed by atoms with Gasteiger partial charge < -0.3 is 19.3 Å². The van der Waals surface area contributed by atoms with Crippen LogP contribution in [0.1, 0.15) is 162 Å². The second-order valence-electron chi connectivity index (χ2n) is 11.5. The van der Waals surface area contributed by atoms with Gasteiger partial charge in [-0.2, -0.15) is 0 Å². The number of rotatable bonds is 31. The summed E-state index contributed by atoms with van der Waals surface area (Å²) < 4.78 is 26.2. The molecule has 0 rings (SSSR count). The maximum Gasteiger partial charge on any atom is 0.469 e. The molecule has 0 aliphatic rings. The summed E-state index contributed by atoms with van der Waals surface area (Å²) >= 11 is 0. The molecule has 0 aliphatic heterocycles. The first kappa shape index (κ1) is 41.5. The number of ether oxygens (including phenoxy) is 2. The number of phosphoric ester groups is 1. The first-order valence-electron chi connectivity index (χ1n) is 17.1. The third kappa shape index (κ3) is 33.3. The first-order valence-corrected chi connectivity index (χ1v) is 18.7. The molecule has 0 aromatic rings. The molecule has 2 N–H and O–H groups in total. The highest BCUT2D eigenvalue weighted by molar-refractivity contribution is 7.46. The number of allylic oxidation sites excluding steroid dienone is 4. The molecule has 0 amide bonds. The van der Waals surface area contributed by atoms with Crippen molar-refractivity contribution in [3.05, 3.63) is 24.3 Å². The highest BCUT2D eigenvalue weighted by Gasteiger charge is 2.22. The Morgan fingerprint density at radius 1 is 0.581 bits per heavy atom. The van der Waals surface area contributed by atoms with Crippen LogP contribution in [0.3, 0.4) is 0 Å². The molecule has 252 valence electrons. The molecule has 0 bridgehead atoms. The fraction of sp³-hybridized carbons (Fsp3) is 0.824. The Bertz CT molecular complexity index is 761. The van der Waals surface area contributed by atoms with Crippen molar-refractivity contribution in [1.82, 2.24) is 0 Å². The van der Waals surface area contributed by atoms with E-state index in [1.165, 1.54) is 51.4 Å². The summed E-state index contributed by atoms with van der Waals surface area (Å²) in [4.78, 5) is 42.5. The van der Waals surface area contributed by atoms with E-state index in [4.69, 9.17) is 19.3 Å².